The number of halogens is 2. The van der Waals surface area contributed by atoms with Gasteiger partial charge in [-0.2, -0.15) is 0 Å². The zero-order valence-corrected chi connectivity index (χ0v) is 11.7. The van der Waals surface area contributed by atoms with Crippen LogP contribution in [-0.2, 0) is 0 Å². The lowest BCUT2D eigenvalue weighted by atomic mass is 9.96. The van der Waals surface area contributed by atoms with Crippen LogP contribution in [0.15, 0.2) is 22.7 Å². The van der Waals surface area contributed by atoms with E-state index >= 15 is 0 Å². The first kappa shape index (κ1) is 14.6. The van der Waals surface area contributed by atoms with Gasteiger partial charge >= 0.3 is 0 Å². The summed E-state index contributed by atoms with van der Waals surface area (Å²) in [5.41, 5.74) is 6.71. The molecule has 96 valence electrons. The van der Waals surface area contributed by atoms with E-state index in [1.165, 1.54) is 12.1 Å². The third-order valence-corrected chi connectivity index (χ3v) is 3.46. The summed E-state index contributed by atoms with van der Waals surface area (Å²) in [6.45, 7) is 4.21. The van der Waals surface area contributed by atoms with E-state index in [0.717, 1.165) is 12.0 Å². The molecule has 0 bridgehead atoms. The Morgan fingerprint density at radius 1 is 1.35 bits per heavy atom. The molecule has 0 radical (unpaired) electrons. The Kier molecular flexibility index (Phi) is 5.56. The predicted octanol–water partition coefficient (Wildman–Crippen LogP) is 3.39. The minimum Gasteiger partial charge on any atom is -0.391 e. The van der Waals surface area contributed by atoms with Crippen molar-refractivity contribution in [1.29, 1.82) is 0 Å². The second-order valence-corrected chi connectivity index (χ2v) is 5.58. The smallest absolute Gasteiger partial charge is 0.124 e. The molecule has 0 saturated heterocycles. The van der Waals surface area contributed by atoms with Crippen LogP contribution in [0.3, 0.4) is 0 Å². The average molecular weight is 304 g/mol. The van der Waals surface area contributed by atoms with Gasteiger partial charge in [-0.1, -0.05) is 35.8 Å². The van der Waals surface area contributed by atoms with E-state index in [1.807, 2.05) is 0 Å². The molecular weight excluding hydrogens is 285 g/mol. The van der Waals surface area contributed by atoms with E-state index in [-0.39, 0.29) is 5.82 Å². The number of aliphatic hydroxyl groups is 1. The van der Waals surface area contributed by atoms with Gasteiger partial charge < -0.3 is 10.8 Å². The van der Waals surface area contributed by atoms with Gasteiger partial charge in [0.2, 0.25) is 0 Å². The van der Waals surface area contributed by atoms with Crippen molar-refractivity contribution in [3.8, 4) is 0 Å². The molecule has 1 aromatic rings. The molecule has 0 saturated carbocycles. The zero-order valence-electron chi connectivity index (χ0n) is 10.2. The normalized spacial score (nSPS) is 15.0. The lowest BCUT2D eigenvalue weighted by molar-refractivity contribution is 0.128. The Balaban J connectivity index is 2.71. The van der Waals surface area contributed by atoms with Gasteiger partial charge in [0.05, 0.1) is 12.1 Å². The van der Waals surface area contributed by atoms with Gasteiger partial charge in [-0.15, -0.1) is 0 Å². The molecule has 0 amide bonds. The standard InChI is InChI=1S/C13H19BrFNO/c1-8(2)3-6-12(17)13(16)10-5-4-9(15)7-11(10)14/h4-5,7-8,12-13,17H,3,6,16H2,1-2H3/t12-,13+/m0/s1. The van der Waals surface area contributed by atoms with E-state index in [0.29, 0.717) is 16.8 Å². The predicted molar refractivity (Wildman–Crippen MR) is 71.1 cm³/mol. The summed E-state index contributed by atoms with van der Waals surface area (Å²) in [6, 6.07) is 3.85. The summed E-state index contributed by atoms with van der Waals surface area (Å²) >= 11 is 3.26. The molecule has 0 heterocycles. The maximum atomic E-state index is 12.9. The maximum absolute atomic E-state index is 12.9. The molecular formula is C13H19BrFNO. The molecule has 0 aliphatic rings. The second kappa shape index (κ2) is 6.47. The minimum atomic E-state index is -0.598. The molecule has 0 aromatic heterocycles. The van der Waals surface area contributed by atoms with Crippen molar-refractivity contribution >= 4 is 15.9 Å². The summed E-state index contributed by atoms with van der Waals surface area (Å²) in [4.78, 5) is 0. The van der Waals surface area contributed by atoms with Crippen molar-refractivity contribution in [2.45, 2.75) is 38.8 Å². The summed E-state index contributed by atoms with van der Waals surface area (Å²) in [7, 11) is 0. The first-order valence-electron chi connectivity index (χ1n) is 5.80. The lowest BCUT2D eigenvalue weighted by Crippen LogP contribution is -2.26. The van der Waals surface area contributed by atoms with Crippen LogP contribution in [0.1, 0.15) is 38.3 Å². The molecule has 2 atom stereocenters. The average Bonchev–Trinajstić information content (AvgIpc) is 2.25. The Labute approximate surface area is 110 Å². The van der Waals surface area contributed by atoms with Crippen molar-refractivity contribution in [1.82, 2.24) is 0 Å². The number of nitrogens with two attached hydrogens (primary N) is 1. The molecule has 3 N–H and O–H groups in total. The largest absolute Gasteiger partial charge is 0.391 e. The first-order chi connectivity index (χ1) is 7.91. The molecule has 0 aliphatic heterocycles. The zero-order chi connectivity index (χ0) is 13.0. The van der Waals surface area contributed by atoms with Gasteiger partial charge in [0.25, 0.3) is 0 Å². The van der Waals surface area contributed by atoms with Crippen LogP contribution in [0.2, 0.25) is 0 Å². The monoisotopic (exact) mass is 303 g/mol. The van der Waals surface area contributed by atoms with Gasteiger partial charge in [-0.3, -0.25) is 0 Å². The number of benzene rings is 1. The lowest BCUT2D eigenvalue weighted by Gasteiger charge is -2.21. The van der Waals surface area contributed by atoms with Gasteiger partial charge in [0.15, 0.2) is 0 Å². The first-order valence-corrected chi connectivity index (χ1v) is 6.59. The molecule has 4 heteroatoms. The molecule has 0 spiro atoms. The number of aliphatic hydroxyl groups excluding tert-OH is 1. The van der Waals surface area contributed by atoms with Crippen LogP contribution in [0.4, 0.5) is 4.39 Å². The van der Waals surface area contributed by atoms with Crippen molar-refractivity contribution in [2.75, 3.05) is 0 Å². The highest BCUT2D eigenvalue weighted by atomic mass is 79.9. The number of hydrogen-bond donors (Lipinski definition) is 2. The highest BCUT2D eigenvalue weighted by molar-refractivity contribution is 9.10. The van der Waals surface area contributed by atoms with Gasteiger partial charge in [0, 0.05) is 4.47 Å². The SMILES string of the molecule is CC(C)CC[C@H](O)[C@H](N)c1ccc(F)cc1Br. The highest BCUT2D eigenvalue weighted by Crippen LogP contribution is 2.26. The van der Waals surface area contributed by atoms with E-state index in [9.17, 15) is 9.50 Å². The highest BCUT2D eigenvalue weighted by Gasteiger charge is 2.19. The van der Waals surface area contributed by atoms with E-state index < -0.39 is 12.1 Å². The van der Waals surface area contributed by atoms with Crippen molar-refractivity contribution in [3.63, 3.8) is 0 Å². The Hall–Kier alpha value is -0.450. The van der Waals surface area contributed by atoms with Gasteiger partial charge in [0.1, 0.15) is 5.82 Å². The fourth-order valence-corrected chi connectivity index (χ4v) is 2.28. The molecule has 1 rings (SSSR count). The van der Waals surface area contributed by atoms with Crippen LogP contribution < -0.4 is 5.73 Å². The summed E-state index contributed by atoms with van der Waals surface area (Å²) in [5, 5.41) is 9.97. The fraction of sp³-hybridized carbons (Fsp3) is 0.538. The molecule has 2 nitrogen and oxygen atoms in total. The Morgan fingerprint density at radius 3 is 2.53 bits per heavy atom. The van der Waals surface area contributed by atoms with Crippen LogP contribution in [0.25, 0.3) is 0 Å². The molecule has 1 aromatic carbocycles. The van der Waals surface area contributed by atoms with Crippen LogP contribution >= 0.6 is 15.9 Å². The minimum absolute atomic E-state index is 0.315. The summed E-state index contributed by atoms with van der Waals surface area (Å²) < 4.78 is 13.5. The van der Waals surface area contributed by atoms with Crippen LogP contribution in [-0.4, -0.2) is 11.2 Å². The number of rotatable bonds is 5. The molecule has 0 aliphatic carbocycles. The van der Waals surface area contributed by atoms with Crippen molar-refractivity contribution in [2.24, 2.45) is 11.7 Å². The second-order valence-electron chi connectivity index (χ2n) is 4.73. The van der Waals surface area contributed by atoms with Crippen LogP contribution in [0.5, 0.6) is 0 Å². The van der Waals surface area contributed by atoms with Crippen molar-refractivity contribution < 1.29 is 9.50 Å². The molecule has 0 unspecified atom stereocenters. The topological polar surface area (TPSA) is 46.2 Å². The quantitative estimate of drug-likeness (QED) is 0.876. The van der Waals surface area contributed by atoms with Crippen LogP contribution in [0, 0.1) is 11.7 Å². The summed E-state index contributed by atoms with van der Waals surface area (Å²) in [6.07, 6.45) is 0.982. The fourth-order valence-electron chi connectivity index (χ4n) is 1.66. The van der Waals surface area contributed by atoms with Gasteiger partial charge in [-0.05, 0) is 36.5 Å². The molecule has 17 heavy (non-hydrogen) atoms. The Bertz CT molecular complexity index is 370. The Morgan fingerprint density at radius 2 is 2.00 bits per heavy atom. The third-order valence-electron chi connectivity index (χ3n) is 2.78. The molecule has 0 fully saturated rings. The van der Waals surface area contributed by atoms with E-state index in [2.05, 4.69) is 29.8 Å². The van der Waals surface area contributed by atoms with E-state index in [4.69, 9.17) is 5.73 Å². The third kappa shape index (κ3) is 4.37. The number of hydrogen-bond acceptors (Lipinski definition) is 2. The maximum Gasteiger partial charge on any atom is 0.124 e. The van der Waals surface area contributed by atoms with Gasteiger partial charge in [-0.25, -0.2) is 4.39 Å². The summed E-state index contributed by atoms with van der Waals surface area (Å²) in [5.74, 6) is 0.220. The van der Waals surface area contributed by atoms with Crippen molar-refractivity contribution in [3.05, 3.63) is 34.1 Å². The van der Waals surface area contributed by atoms with E-state index in [1.54, 1.807) is 6.07 Å².